The molecule has 1 atom stereocenters. The summed E-state index contributed by atoms with van der Waals surface area (Å²) < 4.78 is 5.62. The average molecular weight is 391 g/mol. The first-order chi connectivity index (χ1) is 14.1. The molecule has 0 bridgehead atoms. The minimum absolute atomic E-state index is 0.318. The molecule has 148 valence electrons. The van der Waals surface area contributed by atoms with Gasteiger partial charge in [0.15, 0.2) is 5.54 Å². The van der Waals surface area contributed by atoms with Crippen LogP contribution >= 0.6 is 0 Å². The molecule has 2 aliphatic heterocycles. The fraction of sp³-hybridized carbons (Fsp3) is 0.318. The Hall–Kier alpha value is -3.35. The van der Waals surface area contributed by atoms with E-state index in [0.717, 1.165) is 24.2 Å². The van der Waals surface area contributed by atoms with Crippen LogP contribution in [0.2, 0.25) is 0 Å². The van der Waals surface area contributed by atoms with Crippen molar-refractivity contribution in [2.45, 2.75) is 31.2 Å². The predicted molar refractivity (Wildman–Crippen MR) is 106 cm³/mol. The molecule has 0 radical (unpaired) electrons. The lowest BCUT2D eigenvalue weighted by molar-refractivity contribution is -0.135. The number of imide groups is 1. The highest BCUT2D eigenvalue weighted by molar-refractivity contribution is 6.10. The van der Waals surface area contributed by atoms with Crippen LogP contribution in [0.4, 0.5) is 10.5 Å². The number of hydrogen-bond acceptors (Lipinski definition) is 4. The Kier molecular flexibility index (Phi) is 4.04. The molecule has 5 rings (SSSR count). The Labute approximate surface area is 168 Å². The first-order valence-corrected chi connectivity index (χ1v) is 9.85. The van der Waals surface area contributed by atoms with Gasteiger partial charge in [0, 0.05) is 17.7 Å². The summed E-state index contributed by atoms with van der Waals surface area (Å²) in [4.78, 5) is 39.3. The Balaban J connectivity index is 1.34. The summed E-state index contributed by atoms with van der Waals surface area (Å²) in [5.41, 5.74) is 2.72. The van der Waals surface area contributed by atoms with Crippen LogP contribution in [0.15, 0.2) is 42.5 Å². The molecule has 29 heavy (non-hydrogen) atoms. The topological polar surface area (TPSA) is 87.7 Å². The fourth-order valence-corrected chi connectivity index (χ4v) is 4.51. The van der Waals surface area contributed by atoms with Crippen molar-refractivity contribution in [2.24, 2.45) is 0 Å². The molecular formula is C22H21N3O4. The van der Waals surface area contributed by atoms with E-state index in [0.29, 0.717) is 30.0 Å². The molecule has 0 aromatic heterocycles. The van der Waals surface area contributed by atoms with Gasteiger partial charge >= 0.3 is 6.03 Å². The molecule has 3 aliphatic rings. The quantitative estimate of drug-likeness (QED) is 0.787. The van der Waals surface area contributed by atoms with E-state index in [9.17, 15) is 14.4 Å². The van der Waals surface area contributed by atoms with Gasteiger partial charge in [-0.1, -0.05) is 24.3 Å². The number of nitrogens with zero attached hydrogens (tertiary/aromatic N) is 1. The van der Waals surface area contributed by atoms with Crippen molar-refractivity contribution in [1.29, 1.82) is 0 Å². The second-order valence-electron chi connectivity index (χ2n) is 7.71. The summed E-state index contributed by atoms with van der Waals surface area (Å²) in [5.74, 6) is -0.233. The third-order valence-corrected chi connectivity index (χ3v) is 5.94. The third-order valence-electron chi connectivity index (χ3n) is 5.94. The van der Waals surface area contributed by atoms with Crippen molar-refractivity contribution in [3.05, 3.63) is 59.2 Å². The molecule has 2 aromatic carbocycles. The van der Waals surface area contributed by atoms with Crippen LogP contribution in [0.25, 0.3) is 0 Å². The first kappa shape index (κ1) is 17.7. The lowest BCUT2D eigenvalue weighted by Gasteiger charge is -2.33. The van der Waals surface area contributed by atoms with Crippen molar-refractivity contribution >= 4 is 23.5 Å². The van der Waals surface area contributed by atoms with Gasteiger partial charge in [-0.25, -0.2) is 4.79 Å². The summed E-state index contributed by atoms with van der Waals surface area (Å²) in [6, 6.07) is 12.5. The van der Waals surface area contributed by atoms with E-state index in [4.69, 9.17) is 4.74 Å². The number of carbonyl (C=O) groups excluding carboxylic acids is 3. The number of rotatable bonds is 3. The van der Waals surface area contributed by atoms with Crippen LogP contribution < -0.4 is 15.4 Å². The fourth-order valence-electron chi connectivity index (χ4n) is 4.51. The smallest absolute Gasteiger partial charge is 0.325 e. The zero-order chi connectivity index (χ0) is 20.0. The van der Waals surface area contributed by atoms with E-state index in [1.165, 1.54) is 11.1 Å². The number of benzene rings is 2. The molecule has 7 heteroatoms. The Morgan fingerprint density at radius 2 is 1.97 bits per heavy atom. The van der Waals surface area contributed by atoms with Crippen LogP contribution in [-0.4, -0.2) is 35.9 Å². The van der Waals surface area contributed by atoms with Gasteiger partial charge in [-0.15, -0.1) is 0 Å². The van der Waals surface area contributed by atoms with Crippen molar-refractivity contribution in [2.75, 3.05) is 18.5 Å². The maximum Gasteiger partial charge on any atom is 0.325 e. The highest BCUT2D eigenvalue weighted by Gasteiger charge is 2.55. The number of anilines is 1. The van der Waals surface area contributed by atoms with E-state index in [2.05, 4.69) is 10.6 Å². The monoisotopic (exact) mass is 391 g/mol. The summed E-state index contributed by atoms with van der Waals surface area (Å²) in [7, 11) is 0. The van der Waals surface area contributed by atoms with Gasteiger partial charge in [-0.3, -0.25) is 14.5 Å². The molecule has 1 saturated heterocycles. The number of carbonyl (C=O) groups is 3. The Bertz CT molecular complexity index is 1030. The third kappa shape index (κ3) is 2.85. The van der Waals surface area contributed by atoms with E-state index in [-0.39, 0.29) is 6.54 Å². The lowest BCUT2D eigenvalue weighted by Crippen LogP contribution is -2.48. The molecular weight excluding hydrogens is 370 g/mol. The molecule has 0 saturated carbocycles. The first-order valence-electron chi connectivity index (χ1n) is 9.85. The van der Waals surface area contributed by atoms with E-state index < -0.39 is 23.4 Å². The van der Waals surface area contributed by atoms with Gasteiger partial charge in [0.05, 0.1) is 6.61 Å². The van der Waals surface area contributed by atoms with Gasteiger partial charge < -0.3 is 15.4 Å². The highest BCUT2D eigenvalue weighted by Crippen LogP contribution is 2.40. The number of aryl methyl sites for hydroxylation is 2. The number of nitrogens with one attached hydrogen (secondary N) is 2. The summed E-state index contributed by atoms with van der Waals surface area (Å²) in [6.45, 7) is -0.00921. The van der Waals surface area contributed by atoms with Crippen molar-refractivity contribution in [1.82, 2.24) is 10.2 Å². The van der Waals surface area contributed by atoms with Crippen LogP contribution in [-0.2, 0) is 28.0 Å². The predicted octanol–water partition coefficient (Wildman–Crippen LogP) is 2.34. The van der Waals surface area contributed by atoms with E-state index >= 15 is 0 Å². The van der Waals surface area contributed by atoms with Crippen LogP contribution in [0.3, 0.4) is 0 Å². The Morgan fingerprint density at radius 1 is 1.14 bits per heavy atom. The minimum atomic E-state index is -1.17. The number of para-hydroxylation sites is 1. The zero-order valence-electron chi connectivity index (χ0n) is 15.9. The van der Waals surface area contributed by atoms with Crippen molar-refractivity contribution in [3.8, 4) is 5.75 Å². The standard InChI is InChI=1S/C22H21N3O4/c26-19(23-16-9-8-14-4-3-5-15(14)12-16)13-25-20(27)22(24-21(25)28)10-11-29-18-7-2-1-6-17(18)22/h1-2,6-9,12H,3-5,10-11,13H2,(H,23,26)(H,24,28)/t22-/m1/s1. The van der Waals surface area contributed by atoms with Gasteiger partial charge in [0.2, 0.25) is 5.91 Å². The second-order valence-corrected chi connectivity index (χ2v) is 7.71. The molecule has 4 amide bonds. The van der Waals surface area contributed by atoms with Gasteiger partial charge in [-0.2, -0.15) is 0 Å². The van der Waals surface area contributed by atoms with E-state index in [1.807, 2.05) is 24.3 Å². The molecule has 1 spiro atoms. The molecule has 1 aliphatic carbocycles. The molecule has 7 nitrogen and oxygen atoms in total. The van der Waals surface area contributed by atoms with Crippen molar-refractivity contribution < 1.29 is 19.1 Å². The van der Waals surface area contributed by atoms with Gasteiger partial charge in [0.25, 0.3) is 5.91 Å². The SMILES string of the molecule is O=C(CN1C(=O)N[C@@]2(CCOc3ccccc32)C1=O)Nc1ccc2c(c1)CCC2. The number of amides is 4. The average Bonchev–Trinajstić information content (AvgIpc) is 3.27. The van der Waals surface area contributed by atoms with Crippen LogP contribution in [0.1, 0.15) is 29.5 Å². The summed E-state index contributed by atoms with van der Waals surface area (Å²) >= 11 is 0. The highest BCUT2D eigenvalue weighted by atomic mass is 16.5. The molecule has 2 aromatic rings. The number of urea groups is 1. The van der Waals surface area contributed by atoms with Crippen molar-refractivity contribution in [3.63, 3.8) is 0 Å². The van der Waals surface area contributed by atoms with E-state index in [1.54, 1.807) is 18.2 Å². The van der Waals surface area contributed by atoms with Gasteiger partial charge in [0.1, 0.15) is 12.3 Å². The number of ether oxygens (including phenoxy) is 1. The zero-order valence-corrected chi connectivity index (χ0v) is 15.9. The summed E-state index contributed by atoms with van der Waals surface area (Å²) in [5, 5.41) is 5.62. The number of fused-ring (bicyclic) bond motifs is 3. The Morgan fingerprint density at radius 3 is 2.86 bits per heavy atom. The second kappa shape index (κ2) is 6.62. The van der Waals surface area contributed by atoms with Gasteiger partial charge in [-0.05, 0) is 48.6 Å². The van der Waals surface area contributed by atoms with Crippen LogP contribution in [0.5, 0.6) is 5.75 Å². The normalized spacial score (nSPS) is 22.1. The lowest BCUT2D eigenvalue weighted by atomic mass is 9.84. The molecule has 0 unspecified atom stereocenters. The molecule has 2 heterocycles. The maximum absolute atomic E-state index is 13.2. The molecule has 2 N–H and O–H groups in total. The summed E-state index contributed by atoms with van der Waals surface area (Å²) in [6.07, 6.45) is 3.54. The largest absolute Gasteiger partial charge is 0.493 e. The number of hydrogen-bond donors (Lipinski definition) is 2. The van der Waals surface area contributed by atoms with Crippen LogP contribution in [0, 0.1) is 0 Å². The maximum atomic E-state index is 13.2. The molecule has 1 fully saturated rings. The minimum Gasteiger partial charge on any atom is -0.493 e.